The second-order valence-electron chi connectivity index (χ2n) is 19.0. The van der Waals surface area contributed by atoms with Crippen molar-refractivity contribution >= 4 is 203 Å². The molecule has 2 aromatic heterocycles. The Labute approximate surface area is 671 Å². The molecule has 2 aliphatic heterocycles. The summed E-state index contributed by atoms with van der Waals surface area (Å²) in [7, 11) is -21.4. The maximum absolute atomic E-state index is 13.4. The van der Waals surface area contributed by atoms with Crippen LogP contribution in [-0.2, 0) is 59.7 Å². The maximum atomic E-state index is 13.4. The fourth-order valence-corrected chi connectivity index (χ4v) is 11.9. The van der Waals surface area contributed by atoms with Crippen molar-refractivity contribution in [2.75, 3.05) is 31.3 Å². The molecular weight excluding hydrogens is 1530 g/mol. The molecule has 0 saturated carbocycles. The zero-order chi connectivity index (χ0) is 69.3. The van der Waals surface area contributed by atoms with Gasteiger partial charge in [0.05, 0.1) is 41.0 Å². The number of hydrogen-bond donors (Lipinski definition) is 6. The Hall–Kier alpha value is -6.50. The summed E-state index contributed by atoms with van der Waals surface area (Å²) in [5.41, 5.74) is -4.37. The average Bonchev–Trinajstić information content (AvgIpc) is 1.64. The number of amides is 2. The van der Waals surface area contributed by atoms with Gasteiger partial charge >= 0.3 is 130 Å². The second-order valence-corrected chi connectivity index (χ2v) is 25.9. The van der Waals surface area contributed by atoms with E-state index in [4.69, 9.17) is 46.4 Å². The van der Waals surface area contributed by atoms with Crippen LogP contribution < -0.4 is 150 Å². The summed E-state index contributed by atoms with van der Waals surface area (Å²) in [5.74, 6) is -7.14. The van der Waals surface area contributed by atoms with Gasteiger partial charge in [0.15, 0.2) is 11.4 Å². The van der Waals surface area contributed by atoms with E-state index in [0.29, 0.717) is 10.0 Å². The van der Waals surface area contributed by atoms with Crippen LogP contribution >= 0.6 is 46.4 Å². The van der Waals surface area contributed by atoms with Gasteiger partial charge in [0.1, 0.15) is 51.8 Å². The van der Waals surface area contributed by atoms with Gasteiger partial charge in [0, 0.05) is 22.7 Å². The van der Waals surface area contributed by atoms with Crippen LogP contribution in [0.4, 0.5) is 69.3 Å². The summed E-state index contributed by atoms with van der Waals surface area (Å²) in [6.45, 7) is 0. The number of carboxylic acids is 2. The molecule has 48 heteroatoms. The SMILES string of the molecule is O=C(O)C1=NN(c2ccccc2Cl)C(=O)C1N=Nc1cc(Nc2nc(Cl)nc(Nc3ccc(/C=C/c4ccc(Nc5nc(Cl)nc(Nc6ccc(S(=O)(=O)[O-])c(N=NC7C(=O)N(c8ccccc8Cl)N=C7C(=O)O)c6)n5)cc4S(=O)(=O)[O-])c(S(=O)(=O)[O-])c3)n2)ccc1S(=O)(=O)[O-].[Na+].[Na+].[Na+].[Na+]. The molecule has 2 unspecified atom stereocenters. The summed E-state index contributed by atoms with van der Waals surface area (Å²) in [6, 6.07) is 19.5. The minimum Gasteiger partial charge on any atom is -0.744 e. The van der Waals surface area contributed by atoms with Crippen molar-refractivity contribution in [2.45, 2.75) is 31.7 Å². The van der Waals surface area contributed by atoms with E-state index < -0.39 is 153 Å². The number of hydrogen-bond acceptors (Lipinski definition) is 32. The van der Waals surface area contributed by atoms with Crippen molar-refractivity contribution in [1.82, 2.24) is 29.9 Å². The number of hydrazone groups is 2. The van der Waals surface area contributed by atoms with E-state index in [1.165, 1.54) is 60.7 Å². The zero-order valence-electron chi connectivity index (χ0n) is 50.7. The molecule has 492 valence electrons. The molecule has 36 nitrogen and oxygen atoms in total. The van der Waals surface area contributed by atoms with Crippen molar-refractivity contribution in [3.05, 3.63) is 153 Å². The number of benzene rings is 6. The number of carboxylic acid groups (broad SMARTS) is 2. The molecule has 8 aromatic rings. The molecule has 0 fully saturated rings. The van der Waals surface area contributed by atoms with Gasteiger partial charge < -0.3 is 49.7 Å². The van der Waals surface area contributed by atoms with Crippen LogP contribution in [0.25, 0.3) is 12.2 Å². The number of aliphatic carboxylic acids is 2. The molecule has 0 radical (unpaired) electrons. The normalized spacial score (nSPS) is 14.8. The summed E-state index contributed by atoms with van der Waals surface area (Å²) in [5, 5.41) is 53.0. The number of carbonyl (C=O) groups is 4. The van der Waals surface area contributed by atoms with Crippen molar-refractivity contribution in [1.29, 1.82) is 0 Å². The molecule has 0 aliphatic carbocycles. The summed E-state index contributed by atoms with van der Waals surface area (Å²) >= 11 is 24.7. The van der Waals surface area contributed by atoms with Crippen molar-refractivity contribution in [2.24, 2.45) is 30.7 Å². The largest absolute Gasteiger partial charge is 1.00 e. The van der Waals surface area contributed by atoms with Crippen LogP contribution in [0.15, 0.2) is 172 Å². The molecule has 2 aliphatic rings. The van der Waals surface area contributed by atoms with Gasteiger partial charge in [-0.1, -0.05) is 71.8 Å². The van der Waals surface area contributed by atoms with Crippen LogP contribution in [-0.4, -0.2) is 139 Å². The molecule has 6 N–H and O–H groups in total. The molecule has 2 atom stereocenters. The van der Waals surface area contributed by atoms with Crippen LogP contribution in [0, 0.1) is 0 Å². The summed E-state index contributed by atoms with van der Waals surface area (Å²) in [4.78, 5) is 71.2. The molecule has 0 spiro atoms. The van der Waals surface area contributed by atoms with Gasteiger partial charge in [0.25, 0.3) is 11.8 Å². The minimum atomic E-state index is -5.39. The molecule has 4 heterocycles. The summed E-state index contributed by atoms with van der Waals surface area (Å²) < 4.78 is 150. The number of aromatic nitrogens is 6. The van der Waals surface area contributed by atoms with Gasteiger partial charge in [-0.15, -0.1) is 0 Å². The van der Waals surface area contributed by atoms with Crippen molar-refractivity contribution in [3.63, 3.8) is 0 Å². The van der Waals surface area contributed by atoms with E-state index in [2.05, 4.69) is 81.8 Å². The number of azo groups is 2. The predicted octanol–water partition coefficient (Wildman–Crippen LogP) is -4.67. The second kappa shape index (κ2) is 33.7. The molecule has 0 bridgehead atoms. The van der Waals surface area contributed by atoms with Crippen molar-refractivity contribution < 1.29 is 200 Å². The number of para-hydroxylation sites is 2. The Kier molecular flexibility index (Phi) is 27.8. The maximum Gasteiger partial charge on any atom is 1.00 e. The third-order valence-electron chi connectivity index (χ3n) is 12.7. The molecule has 0 saturated heterocycles. The van der Waals surface area contributed by atoms with Gasteiger partial charge in [-0.3, -0.25) is 9.59 Å². The number of rotatable bonds is 22. The van der Waals surface area contributed by atoms with Crippen LogP contribution in [0.1, 0.15) is 11.1 Å². The van der Waals surface area contributed by atoms with E-state index in [-0.39, 0.29) is 174 Å². The zero-order valence-corrected chi connectivity index (χ0v) is 65.0. The van der Waals surface area contributed by atoms with E-state index in [1.807, 2.05) is 0 Å². The monoisotopic (exact) mass is 1550 g/mol. The number of carbonyl (C=O) groups excluding carboxylic acids is 2. The Bertz CT molecular complexity index is 4970. The van der Waals surface area contributed by atoms with E-state index >= 15 is 0 Å². The molecule has 6 aromatic carbocycles. The first kappa shape index (κ1) is 82.5. The number of nitrogens with one attached hydrogen (secondary N) is 4. The van der Waals surface area contributed by atoms with Crippen LogP contribution in [0.5, 0.6) is 0 Å². The van der Waals surface area contributed by atoms with Gasteiger partial charge in [-0.25, -0.2) is 43.3 Å². The molecular formula is C52H30Cl4N18Na4O18S4. The molecule has 100 heavy (non-hydrogen) atoms. The fourth-order valence-electron chi connectivity index (χ4n) is 8.57. The number of nitrogens with zero attached hydrogens (tertiary/aromatic N) is 14. The standard InChI is InChI=1S/C52H34Cl4N18O18S4.4Na/c53-29-5-1-3-7-33(29)73-43(75)39(41(71-73)45(77)78)69-67-31-19-25(15-17-35(31)93(81,82)83)57-49-61-47(55)63-51(65-49)59-27-13-11-23(37(21-27)95(87,88)89)9-10-24-12-14-28(22-38(24)96(90,91)92)60-52-64-48(56)62-50(66-52)58-26-16-18-36(94(84,85)86)32(20-26)68-70-40-42(46(79)80)72-74(44(40)76)34-8-4-2-6-30(34)54;;;;/h1-22,39-40H,(H,77,78)(H,79,80)(H,81,82,83)(H,84,85,86)(H,87,88,89)(H,90,91,92)(H2,57,59,61,63,65)(H2,58,60,62,64,66);;;;/q;4*+1/p-4/b10-9+,69-67?,70-68?;;;;. The van der Waals surface area contributed by atoms with Crippen LogP contribution in [0.3, 0.4) is 0 Å². The molecule has 10 rings (SSSR count). The third-order valence-corrected chi connectivity index (χ3v) is 17.2. The van der Waals surface area contributed by atoms with Crippen molar-refractivity contribution in [3.8, 4) is 0 Å². The Morgan fingerprint density at radius 2 is 0.740 bits per heavy atom. The average molecular weight is 1560 g/mol. The quantitative estimate of drug-likeness (QED) is 0.0161. The first-order chi connectivity index (χ1) is 45.2. The third kappa shape index (κ3) is 19.8. The van der Waals surface area contributed by atoms with Gasteiger partial charge in [-0.2, -0.15) is 70.6 Å². The number of anilines is 10. The van der Waals surface area contributed by atoms with Gasteiger partial charge in [-0.05, 0) is 119 Å². The van der Waals surface area contributed by atoms with Crippen LogP contribution in [0.2, 0.25) is 20.6 Å². The predicted molar refractivity (Wildman–Crippen MR) is 334 cm³/mol. The summed E-state index contributed by atoms with van der Waals surface area (Å²) in [6.07, 6.45) is 1.98. The molecule has 2 amide bonds. The Morgan fingerprint density at radius 3 is 1.04 bits per heavy atom. The minimum absolute atomic E-state index is 0. The number of halogens is 4. The van der Waals surface area contributed by atoms with E-state index in [0.717, 1.165) is 72.8 Å². The first-order valence-corrected chi connectivity index (χ1v) is 32.9. The van der Waals surface area contributed by atoms with Gasteiger partial charge in [0.2, 0.25) is 46.4 Å². The fraction of sp³-hybridized carbons (Fsp3) is 0.0385. The topological polar surface area (TPSA) is 544 Å². The van der Waals surface area contributed by atoms with E-state index in [1.54, 1.807) is 0 Å². The Balaban J connectivity index is 0.00000394. The Morgan fingerprint density at radius 1 is 0.440 bits per heavy atom. The van der Waals surface area contributed by atoms with E-state index in [9.17, 15) is 81.3 Å². The smallest absolute Gasteiger partial charge is 0.744 e. The first-order valence-electron chi connectivity index (χ1n) is 25.8.